The molecular formula is C16H16ClN3O3. The second kappa shape index (κ2) is 6.34. The van der Waals surface area contributed by atoms with Gasteiger partial charge in [0.2, 0.25) is 0 Å². The van der Waals surface area contributed by atoms with Crippen molar-refractivity contribution in [3.63, 3.8) is 0 Å². The first-order chi connectivity index (χ1) is 10.7. The highest BCUT2D eigenvalue weighted by Gasteiger charge is 2.27. The third kappa shape index (κ3) is 3.84. The van der Waals surface area contributed by atoms with Gasteiger partial charge in [-0.2, -0.15) is 0 Å². The van der Waals surface area contributed by atoms with Gasteiger partial charge in [-0.25, -0.2) is 0 Å². The fraction of sp³-hybridized carbons (Fsp3) is 0.250. The van der Waals surface area contributed by atoms with E-state index in [0.29, 0.717) is 0 Å². The Balaban J connectivity index is 2.31. The van der Waals surface area contributed by atoms with Crippen LogP contribution in [0.25, 0.3) is 0 Å². The Kier molecular flexibility index (Phi) is 4.65. The predicted molar refractivity (Wildman–Crippen MR) is 87.6 cm³/mol. The van der Waals surface area contributed by atoms with E-state index in [1.165, 1.54) is 12.1 Å². The van der Waals surface area contributed by atoms with Crippen molar-refractivity contribution < 1.29 is 9.72 Å². The number of nitro benzene ring substituents is 1. The zero-order valence-electron chi connectivity index (χ0n) is 13.0. The van der Waals surface area contributed by atoms with Crippen LogP contribution in [0.3, 0.4) is 0 Å². The number of hydrogen-bond donors (Lipinski definition) is 1. The van der Waals surface area contributed by atoms with E-state index in [1.807, 2.05) is 19.1 Å². The second-order valence-electron chi connectivity index (χ2n) is 5.69. The molecule has 120 valence electrons. The standard InChI is InChI=1S/C16H16ClN3O3/c1-10-4-5-11(9-18-10)16(2,3)19-15(21)13-7-6-12(17)8-14(13)20(22)23/h4-9H,1-3H3,(H,19,21). The number of benzene rings is 1. The maximum Gasteiger partial charge on any atom is 0.283 e. The largest absolute Gasteiger partial charge is 0.343 e. The van der Waals surface area contributed by atoms with Crippen molar-refractivity contribution in [2.45, 2.75) is 26.3 Å². The summed E-state index contributed by atoms with van der Waals surface area (Å²) in [5, 5.41) is 14.1. The summed E-state index contributed by atoms with van der Waals surface area (Å²) in [7, 11) is 0. The SMILES string of the molecule is Cc1ccc(C(C)(C)NC(=O)c2ccc(Cl)cc2[N+](=O)[O-])cn1. The van der Waals surface area contributed by atoms with Crippen molar-refractivity contribution >= 4 is 23.2 Å². The van der Waals surface area contributed by atoms with E-state index < -0.39 is 16.4 Å². The molecule has 0 unspecified atom stereocenters. The highest BCUT2D eigenvalue weighted by molar-refractivity contribution is 6.31. The third-order valence-corrected chi connectivity index (χ3v) is 3.70. The summed E-state index contributed by atoms with van der Waals surface area (Å²) in [4.78, 5) is 27.1. The molecule has 2 rings (SSSR count). The monoisotopic (exact) mass is 333 g/mol. The Bertz CT molecular complexity index is 758. The van der Waals surface area contributed by atoms with Crippen molar-refractivity contribution in [2.75, 3.05) is 0 Å². The van der Waals surface area contributed by atoms with E-state index in [1.54, 1.807) is 20.0 Å². The number of nitrogens with one attached hydrogen (secondary N) is 1. The van der Waals surface area contributed by atoms with E-state index in [-0.39, 0.29) is 16.3 Å². The average Bonchev–Trinajstić information content (AvgIpc) is 2.46. The van der Waals surface area contributed by atoms with E-state index >= 15 is 0 Å². The average molecular weight is 334 g/mol. The molecule has 0 radical (unpaired) electrons. The van der Waals surface area contributed by atoms with Crippen LogP contribution in [0.4, 0.5) is 5.69 Å². The molecule has 0 aliphatic heterocycles. The summed E-state index contributed by atoms with van der Waals surface area (Å²) in [5.74, 6) is -0.543. The molecule has 0 spiro atoms. The van der Waals surface area contributed by atoms with Crippen molar-refractivity contribution in [2.24, 2.45) is 0 Å². The van der Waals surface area contributed by atoms with Gasteiger partial charge in [0.25, 0.3) is 11.6 Å². The zero-order chi connectivity index (χ0) is 17.2. The number of rotatable bonds is 4. The lowest BCUT2D eigenvalue weighted by molar-refractivity contribution is -0.385. The highest BCUT2D eigenvalue weighted by atomic mass is 35.5. The Morgan fingerprint density at radius 3 is 2.57 bits per heavy atom. The topological polar surface area (TPSA) is 85.1 Å². The maximum absolute atomic E-state index is 12.5. The Labute approximate surface area is 138 Å². The number of carbonyl (C=O) groups is 1. The zero-order valence-corrected chi connectivity index (χ0v) is 13.7. The fourth-order valence-corrected chi connectivity index (χ4v) is 2.28. The minimum Gasteiger partial charge on any atom is -0.343 e. The Morgan fingerprint density at radius 1 is 1.30 bits per heavy atom. The molecule has 0 aliphatic carbocycles. The van der Waals surface area contributed by atoms with Gasteiger partial charge in [-0.1, -0.05) is 17.7 Å². The molecule has 7 heteroatoms. The van der Waals surface area contributed by atoms with Gasteiger partial charge in [0.15, 0.2) is 0 Å². The Hall–Kier alpha value is -2.47. The van der Waals surface area contributed by atoms with Crippen LogP contribution in [0, 0.1) is 17.0 Å². The summed E-state index contributed by atoms with van der Waals surface area (Å²) >= 11 is 5.76. The lowest BCUT2D eigenvalue weighted by Crippen LogP contribution is -2.41. The van der Waals surface area contributed by atoms with Gasteiger partial charge in [0, 0.05) is 23.0 Å². The number of hydrogen-bond acceptors (Lipinski definition) is 4. The van der Waals surface area contributed by atoms with Crippen LogP contribution in [0.1, 0.15) is 35.5 Å². The van der Waals surface area contributed by atoms with Gasteiger partial charge in [-0.05, 0) is 44.5 Å². The van der Waals surface area contributed by atoms with Gasteiger partial charge in [0.1, 0.15) is 5.56 Å². The quantitative estimate of drug-likeness (QED) is 0.684. The normalized spacial score (nSPS) is 11.1. The molecular weight excluding hydrogens is 318 g/mol. The number of aromatic nitrogens is 1. The molecule has 1 N–H and O–H groups in total. The minimum absolute atomic E-state index is 0.0347. The van der Waals surface area contributed by atoms with Gasteiger partial charge >= 0.3 is 0 Å². The van der Waals surface area contributed by atoms with Crippen LogP contribution >= 0.6 is 11.6 Å². The van der Waals surface area contributed by atoms with E-state index in [9.17, 15) is 14.9 Å². The van der Waals surface area contributed by atoms with Gasteiger partial charge in [-0.3, -0.25) is 19.9 Å². The lowest BCUT2D eigenvalue weighted by atomic mass is 9.95. The van der Waals surface area contributed by atoms with Crippen LogP contribution in [-0.2, 0) is 5.54 Å². The maximum atomic E-state index is 12.5. The first-order valence-electron chi connectivity index (χ1n) is 6.90. The van der Waals surface area contributed by atoms with Crippen molar-refractivity contribution in [1.82, 2.24) is 10.3 Å². The molecule has 1 amide bonds. The summed E-state index contributed by atoms with van der Waals surface area (Å²) < 4.78 is 0. The first kappa shape index (κ1) is 16.9. The van der Waals surface area contributed by atoms with Crippen LogP contribution in [0.2, 0.25) is 5.02 Å². The predicted octanol–water partition coefficient (Wildman–Crippen LogP) is 3.62. The molecule has 0 saturated carbocycles. The summed E-state index contributed by atoms with van der Waals surface area (Å²) in [5.41, 5.74) is 0.573. The smallest absolute Gasteiger partial charge is 0.283 e. The number of amides is 1. The van der Waals surface area contributed by atoms with E-state index in [2.05, 4.69) is 10.3 Å². The van der Waals surface area contributed by atoms with Crippen molar-refractivity contribution in [3.05, 3.63) is 68.5 Å². The highest BCUT2D eigenvalue weighted by Crippen LogP contribution is 2.25. The fourth-order valence-electron chi connectivity index (χ4n) is 2.11. The van der Waals surface area contributed by atoms with Crippen LogP contribution in [0.5, 0.6) is 0 Å². The molecule has 1 aromatic carbocycles. The van der Waals surface area contributed by atoms with E-state index in [0.717, 1.165) is 17.3 Å². The third-order valence-electron chi connectivity index (χ3n) is 3.46. The lowest BCUT2D eigenvalue weighted by Gasteiger charge is -2.26. The molecule has 0 atom stereocenters. The van der Waals surface area contributed by atoms with Gasteiger partial charge in [-0.15, -0.1) is 0 Å². The molecule has 0 aliphatic rings. The second-order valence-corrected chi connectivity index (χ2v) is 6.12. The number of nitro groups is 1. The van der Waals surface area contributed by atoms with Crippen LogP contribution in [-0.4, -0.2) is 15.8 Å². The molecule has 2 aromatic rings. The van der Waals surface area contributed by atoms with Gasteiger partial charge in [0.05, 0.1) is 10.5 Å². The van der Waals surface area contributed by atoms with Gasteiger partial charge < -0.3 is 5.32 Å². The summed E-state index contributed by atoms with van der Waals surface area (Å²) in [6, 6.07) is 7.66. The molecule has 1 heterocycles. The molecule has 0 fully saturated rings. The molecule has 0 saturated heterocycles. The van der Waals surface area contributed by atoms with Crippen LogP contribution < -0.4 is 5.32 Å². The molecule has 23 heavy (non-hydrogen) atoms. The molecule has 6 nitrogen and oxygen atoms in total. The minimum atomic E-state index is -0.731. The number of aryl methyl sites for hydroxylation is 1. The Morgan fingerprint density at radius 2 is 2.00 bits per heavy atom. The van der Waals surface area contributed by atoms with Crippen molar-refractivity contribution in [1.29, 1.82) is 0 Å². The number of halogens is 1. The number of carbonyl (C=O) groups excluding carboxylic acids is 1. The number of pyridine rings is 1. The molecule has 0 bridgehead atoms. The molecule has 1 aromatic heterocycles. The summed E-state index contributed by atoms with van der Waals surface area (Å²) in [6.45, 7) is 5.48. The summed E-state index contributed by atoms with van der Waals surface area (Å²) in [6.07, 6.45) is 1.67. The first-order valence-corrected chi connectivity index (χ1v) is 7.28. The van der Waals surface area contributed by atoms with Crippen LogP contribution in [0.15, 0.2) is 36.5 Å². The van der Waals surface area contributed by atoms with Crippen molar-refractivity contribution in [3.8, 4) is 0 Å². The number of nitrogens with zero attached hydrogens (tertiary/aromatic N) is 2. The van der Waals surface area contributed by atoms with E-state index in [4.69, 9.17) is 11.6 Å².